The molecule has 2 aliphatic heterocycles. The minimum atomic E-state index is -0.848. The molecule has 0 aliphatic carbocycles. The molecule has 31 heavy (non-hydrogen) atoms. The lowest BCUT2D eigenvalue weighted by Crippen LogP contribution is -2.37. The molecule has 3 atom stereocenters. The molecule has 2 aliphatic rings. The lowest BCUT2D eigenvalue weighted by Gasteiger charge is -2.28. The summed E-state index contributed by atoms with van der Waals surface area (Å²) in [6, 6.07) is 26.7. The zero-order valence-electron chi connectivity index (χ0n) is 16.4. The molecule has 5 nitrogen and oxygen atoms in total. The maximum atomic E-state index is 13.7. The Kier molecular flexibility index (Phi) is 4.16. The van der Waals surface area contributed by atoms with Crippen LogP contribution >= 0.6 is 11.3 Å². The highest BCUT2D eigenvalue weighted by Crippen LogP contribution is 2.49. The lowest BCUT2D eigenvalue weighted by molar-refractivity contribution is -0.126. The standard InChI is InChI=1S/C25H18N2O3S/c28-24-21-22(20-14-7-15-31-20)27(17-10-2-1-3-11-17)30-23(21)25(29)26(24)19-13-6-9-16-8-4-5-12-18(16)19/h1-15,21-23H/t21-,22+,23-/m1/s1. The molecule has 4 aromatic rings. The molecule has 3 aromatic carbocycles. The molecule has 0 unspecified atom stereocenters. The molecule has 0 bridgehead atoms. The summed E-state index contributed by atoms with van der Waals surface area (Å²) in [5, 5.41) is 5.58. The van der Waals surface area contributed by atoms with Gasteiger partial charge in [-0.2, -0.15) is 0 Å². The van der Waals surface area contributed by atoms with Gasteiger partial charge in [0.2, 0.25) is 5.91 Å². The highest BCUT2D eigenvalue weighted by Gasteiger charge is 2.60. The van der Waals surface area contributed by atoms with E-state index in [0.29, 0.717) is 5.69 Å². The molecule has 3 heterocycles. The number of rotatable bonds is 3. The number of hydrogen-bond donors (Lipinski definition) is 0. The van der Waals surface area contributed by atoms with E-state index in [0.717, 1.165) is 21.3 Å². The number of thiophene rings is 1. The van der Waals surface area contributed by atoms with Crippen molar-refractivity contribution >= 4 is 45.3 Å². The average molecular weight is 426 g/mol. The van der Waals surface area contributed by atoms with Crippen LogP contribution in [0.2, 0.25) is 0 Å². The summed E-state index contributed by atoms with van der Waals surface area (Å²) in [6.07, 6.45) is -0.848. The molecular weight excluding hydrogens is 408 g/mol. The van der Waals surface area contributed by atoms with Gasteiger partial charge in [0.1, 0.15) is 12.0 Å². The fourth-order valence-electron chi connectivity index (χ4n) is 4.60. The van der Waals surface area contributed by atoms with E-state index in [-0.39, 0.29) is 17.9 Å². The minimum absolute atomic E-state index is 0.219. The summed E-state index contributed by atoms with van der Waals surface area (Å²) in [5.74, 6) is -1.14. The first-order valence-electron chi connectivity index (χ1n) is 10.1. The van der Waals surface area contributed by atoms with Crippen molar-refractivity contribution in [1.82, 2.24) is 0 Å². The summed E-state index contributed by atoms with van der Waals surface area (Å²) >= 11 is 1.57. The Labute approximate surface area is 183 Å². The third-order valence-electron chi connectivity index (χ3n) is 5.97. The van der Waals surface area contributed by atoms with Gasteiger partial charge in [0.25, 0.3) is 5.91 Å². The van der Waals surface area contributed by atoms with E-state index >= 15 is 0 Å². The Bertz CT molecular complexity index is 1280. The highest BCUT2D eigenvalue weighted by molar-refractivity contribution is 7.10. The van der Waals surface area contributed by atoms with E-state index in [1.54, 1.807) is 16.4 Å². The lowest BCUT2D eigenvalue weighted by atomic mass is 9.95. The van der Waals surface area contributed by atoms with Crippen molar-refractivity contribution in [2.24, 2.45) is 5.92 Å². The highest BCUT2D eigenvalue weighted by atomic mass is 32.1. The van der Waals surface area contributed by atoms with Crippen molar-refractivity contribution in [3.8, 4) is 0 Å². The molecule has 6 heteroatoms. The number of carbonyl (C=O) groups excluding carboxylic acids is 2. The number of anilines is 2. The Morgan fingerprint density at radius 3 is 2.35 bits per heavy atom. The maximum Gasteiger partial charge on any atom is 0.266 e. The third-order valence-corrected chi connectivity index (χ3v) is 6.91. The molecule has 2 saturated heterocycles. The summed E-state index contributed by atoms with van der Waals surface area (Å²) in [4.78, 5) is 35.7. The molecule has 2 amide bonds. The zero-order valence-corrected chi connectivity index (χ0v) is 17.2. The number of para-hydroxylation sites is 1. The van der Waals surface area contributed by atoms with Crippen molar-refractivity contribution < 1.29 is 14.4 Å². The second kappa shape index (κ2) is 7.04. The molecule has 6 rings (SSSR count). The van der Waals surface area contributed by atoms with Crippen molar-refractivity contribution in [2.75, 3.05) is 9.96 Å². The van der Waals surface area contributed by atoms with Crippen LogP contribution in [0, 0.1) is 5.92 Å². The Morgan fingerprint density at radius 2 is 1.55 bits per heavy atom. The van der Waals surface area contributed by atoms with E-state index in [9.17, 15) is 9.59 Å². The molecule has 0 saturated carbocycles. The predicted octanol–water partition coefficient (Wildman–Crippen LogP) is 4.95. The van der Waals surface area contributed by atoms with Crippen molar-refractivity contribution in [3.63, 3.8) is 0 Å². The first-order valence-corrected chi connectivity index (χ1v) is 11.0. The van der Waals surface area contributed by atoms with Gasteiger partial charge in [0, 0.05) is 10.3 Å². The van der Waals surface area contributed by atoms with Gasteiger partial charge >= 0.3 is 0 Å². The van der Waals surface area contributed by atoms with Gasteiger partial charge in [0.05, 0.1) is 11.4 Å². The number of benzene rings is 3. The molecule has 1 aromatic heterocycles. The van der Waals surface area contributed by atoms with E-state index in [1.807, 2.05) is 90.3 Å². The van der Waals surface area contributed by atoms with E-state index in [2.05, 4.69) is 0 Å². The largest absolute Gasteiger partial charge is 0.273 e. The second-order valence-corrected chi connectivity index (χ2v) is 8.66. The van der Waals surface area contributed by atoms with Crippen molar-refractivity contribution in [3.05, 3.63) is 95.2 Å². The zero-order chi connectivity index (χ0) is 20.9. The second-order valence-electron chi connectivity index (χ2n) is 7.68. The number of carbonyl (C=O) groups is 2. The fraction of sp³-hybridized carbons (Fsp3) is 0.120. The third kappa shape index (κ3) is 2.72. The van der Waals surface area contributed by atoms with Crippen molar-refractivity contribution in [2.45, 2.75) is 12.1 Å². The first-order chi connectivity index (χ1) is 15.2. The van der Waals surface area contributed by atoms with E-state index < -0.39 is 12.0 Å². The van der Waals surface area contributed by atoms with Gasteiger partial charge < -0.3 is 0 Å². The Hall–Kier alpha value is -3.48. The fourth-order valence-corrected chi connectivity index (χ4v) is 5.46. The van der Waals surface area contributed by atoms with E-state index in [4.69, 9.17) is 4.84 Å². The number of nitrogens with zero attached hydrogens (tertiary/aromatic N) is 2. The van der Waals surface area contributed by atoms with Crippen LogP contribution in [0.5, 0.6) is 0 Å². The molecule has 2 fully saturated rings. The average Bonchev–Trinajstić information content (AvgIpc) is 3.52. The van der Waals surface area contributed by atoms with Gasteiger partial charge in [-0.15, -0.1) is 11.3 Å². The monoisotopic (exact) mass is 426 g/mol. The smallest absolute Gasteiger partial charge is 0.266 e. The van der Waals surface area contributed by atoms with Gasteiger partial charge in [-0.1, -0.05) is 60.7 Å². The molecule has 0 radical (unpaired) electrons. The number of fused-ring (bicyclic) bond motifs is 2. The number of amides is 2. The quantitative estimate of drug-likeness (QED) is 0.435. The Morgan fingerprint density at radius 1 is 0.774 bits per heavy atom. The predicted molar refractivity (Wildman–Crippen MR) is 121 cm³/mol. The molecule has 152 valence electrons. The van der Waals surface area contributed by atoms with Crippen LogP contribution in [-0.4, -0.2) is 17.9 Å². The van der Waals surface area contributed by atoms with Crippen LogP contribution in [0.25, 0.3) is 10.8 Å². The number of imide groups is 1. The van der Waals surface area contributed by atoms with Gasteiger partial charge in [-0.25, -0.2) is 9.96 Å². The van der Waals surface area contributed by atoms with Crippen LogP contribution in [0.1, 0.15) is 10.9 Å². The van der Waals surface area contributed by atoms with Gasteiger partial charge in [-0.3, -0.25) is 14.4 Å². The van der Waals surface area contributed by atoms with Crippen LogP contribution in [0.3, 0.4) is 0 Å². The maximum absolute atomic E-state index is 13.7. The minimum Gasteiger partial charge on any atom is -0.273 e. The first kappa shape index (κ1) is 18.3. The van der Waals surface area contributed by atoms with Crippen LogP contribution < -0.4 is 9.96 Å². The number of hydroxylamine groups is 1. The van der Waals surface area contributed by atoms with Crippen LogP contribution in [0.15, 0.2) is 90.3 Å². The topological polar surface area (TPSA) is 49.9 Å². The summed E-state index contributed by atoms with van der Waals surface area (Å²) < 4.78 is 0. The van der Waals surface area contributed by atoms with Crippen LogP contribution in [0.4, 0.5) is 11.4 Å². The molecular formula is C25H18N2O3S. The normalized spacial score (nSPS) is 23.0. The van der Waals surface area contributed by atoms with E-state index in [1.165, 1.54) is 4.90 Å². The van der Waals surface area contributed by atoms with Gasteiger partial charge in [0.15, 0.2) is 6.10 Å². The SMILES string of the molecule is O=C1[C@H]2[C@@H](ON(c3ccccc3)[C@H]2c2cccs2)C(=O)N1c1cccc2ccccc12. The van der Waals surface area contributed by atoms with Crippen molar-refractivity contribution in [1.29, 1.82) is 0 Å². The molecule has 0 spiro atoms. The number of hydrogen-bond acceptors (Lipinski definition) is 5. The summed E-state index contributed by atoms with van der Waals surface area (Å²) in [7, 11) is 0. The molecule has 0 N–H and O–H groups in total. The summed E-state index contributed by atoms with van der Waals surface area (Å²) in [6.45, 7) is 0. The summed E-state index contributed by atoms with van der Waals surface area (Å²) in [5.41, 5.74) is 1.44. The van der Waals surface area contributed by atoms with Crippen LogP contribution in [-0.2, 0) is 14.4 Å². The van der Waals surface area contributed by atoms with Gasteiger partial charge in [-0.05, 0) is 35.0 Å². The Balaban J connectivity index is 1.46.